The molecule has 2 atom stereocenters. The van der Waals surface area contributed by atoms with Gasteiger partial charge in [-0.3, -0.25) is 9.69 Å². The number of carbonyl (C=O) groups excluding carboxylic acids is 3. The van der Waals surface area contributed by atoms with Crippen LogP contribution in [-0.4, -0.2) is 39.6 Å². The van der Waals surface area contributed by atoms with E-state index < -0.39 is 18.2 Å². The van der Waals surface area contributed by atoms with Crippen LogP contribution in [0.5, 0.6) is 0 Å². The molecule has 2 aromatic carbocycles. The molecule has 1 saturated heterocycles. The SMILES string of the molecule is CCN/C(C)=C(\C(=O)OC1OC(=O)c2ccccc21)N1C(=O)CC1SSc1nc2ccccc2s1. The number of benzene rings is 2. The summed E-state index contributed by atoms with van der Waals surface area (Å²) in [6.45, 7) is 4.18. The molecule has 1 amide bonds. The maximum atomic E-state index is 13.3. The minimum Gasteiger partial charge on any atom is -0.417 e. The molecule has 8 nitrogen and oxygen atoms in total. The number of nitrogens with zero attached hydrogens (tertiary/aromatic N) is 2. The highest BCUT2D eigenvalue weighted by molar-refractivity contribution is 8.77. The van der Waals surface area contributed by atoms with E-state index in [0.717, 1.165) is 14.6 Å². The Morgan fingerprint density at radius 2 is 2.00 bits per heavy atom. The first-order valence-corrected chi connectivity index (χ1v) is 14.0. The highest BCUT2D eigenvalue weighted by Gasteiger charge is 2.44. The van der Waals surface area contributed by atoms with Crippen LogP contribution in [-0.2, 0) is 19.1 Å². The van der Waals surface area contributed by atoms with E-state index in [1.807, 2.05) is 31.2 Å². The molecule has 35 heavy (non-hydrogen) atoms. The van der Waals surface area contributed by atoms with Crippen LogP contribution in [0.25, 0.3) is 10.2 Å². The van der Waals surface area contributed by atoms with Crippen molar-refractivity contribution in [3.05, 3.63) is 71.1 Å². The van der Waals surface area contributed by atoms with Crippen molar-refractivity contribution < 1.29 is 23.9 Å². The fourth-order valence-corrected chi connectivity index (χ4v) is 7.62. The lowest BCUT2D eigenvalue weighted by molar-refractivity contribution is -0.167. The molecule has 0 bridgehead atoms. The summed E-state index contributed by atoms with van der Waals surface area (Å²) < 4.78 is 12.8. The molecule has 3 heterocycles. The number of amides is 1. The number of fused-ring (bicyclic) bond motifs is 2. The summed E-state index contributed by atoms with van der Waals surface area (Å²) >= 11 is 1.58. The molecule has 2 aliphatic rings. The Hall–Kier alpha value is -3.02. The third-order valence-electron chi connectivity index (χ3n) is 5.50. The molecule has 2 aliphatic heterocycles. The second kappa shape index (κ2) is 9.92. The number of para-hydroxylation sites is 1. The van der Waals surface area contributed by atoms with Gasteiger partial charge in [-0.2, -0.15) is 0 Å². The number of likely N-dealkylation sites (tertiary alicyclic amines) is 1. The van der Waals surface area contributed by atoms with Crippen molar-refractivity contribution in [2.45, 2.75) is 36.3 Å². The van der Waals surface area contributed by atoms with Gasteiger partial charge in [0.2, 0.25) is 5.91 Å². The summed E-state index contributed by atoms with van der Waals surface area (Å²) in [7, 11) is 2.95. The summed E-state index contributed by atoms with van der Waals surface area (Å²) in [6.07, 6.45) is -0.866. The van der Waals surface area contributed by atoms with E-state index in [2.05, 4.69) is 10.3 Å². The van der Waals surface area contributed by atoms with Gasteiger partial charge in [-0.05, 0) is 42.8 Å². The summed E-state index contributed by atoms with van der Waals surface area (Å²) in [5.74, 6) is -1.46. The van der Waals surface area contributed by atoms with E-state index >= 15 is 0 Å². The maximum Gasteiger partial charge on any atom is 0.360 e. The standard InChI is InChI=1S/C24H21N3O5S3/c1-3-25-13(2)20(22(30)32-23-15-9-5-4-8-14(15)21(29)31-23)27-18(28)12-19(27)34-35-24-26-16-10-6-7-11-17(16)33-24/h4-11,19,23,25H,3,12H2,1-2H3/b20-13+. The number of hydrogen-bond donors (Lipinski definition) is 1. The van der Waals surface area contributed by atoms with Gasteiger partial charge in [-0.25, -0.2) is 14.6 Å². The highest BCUT2D eigenvalue weighted by atomic mass is 33.1. The number of hydrogen-bond acceptors (Lipinski definition) is 10. The van der Waals surface area contributed by atoms with Crippen LogP contribution in [0.2, 0.25) is 0 Å². The fourth-order valence-electron chi connectivity index (χ4n) is 3.85. The molecule has 0 radical (unpaired) electrons. The number of rotatable bonds is 8. The van der Waals surface area contributed by atoms with Gasteiger partial charge in [-0.1, -0.05) is 41.1 Å². The van der Waals surface area contributed by atoms with Crippen molar-refractivity contribution in [1.82, 2.24) is 15.2 Å². The van der Waals surface area contributed by atoms with Gasteiger partial charge < -0.3 is 14.8 Å². The van der Waals surface area contributed by atoms with Crippen LogP contribution in [0.3, 0.4) is 0 Å². The Morgan fingerprint density at radius 3 is 2.77 bits per heavy atom. The molecule has 1 fully saturated rings. The number of nitrogens with one attached hydrogen (secondary N) is 1. The van der Waals surface area contributed by atoms with E-state index in [1.54, 1.807) is 42.5 Å². The molecule has 180 valence electrons. The molecule has 1 N–H and O–H groups in total. The van der Waals surface area contributed by atoms with Crippen molar-refractivity contribution in [2.75, 3.05) is 6.54 Å². The van der Waals surface area contributed by atoms with Gasteiger partial charge >= 0.3 is 11.9 Å². The van der Waals surface area contributed by atoms with Gasteiger partial charge in [0.25, 0.3) is 6.29 Å². The predicted octanol–water partition coefficient (Wildman–Crippen LogP) is 4.85. The lowest BCUT2D eigenvalue weighted by Crippen LogP contribution is -2.52. The molecule has 1 aromatic heterocycles. The van der Waals surface area contributed by atoms with E-state index in [4.69, 9.17) is 9.47 Å². The van der Waals surface area contributed by atoms with Gasteiger partial charge in [-0.15, -0.1) is 11.3 Å². The summed E-state index contributed by atoms with van der Waals surface area (Å²) in [5.41, 5.74) is 2.41. The molecule has 0 aliphatic carbocycles. The first-order chi connectivity index (χ1) is 17.0. The number of aromatic nitrogens is 1. The zero-order chi connectivity index (χ0) is 24.5. The zero-order valence-electron chi connectivity index (χ0n) is 18.8. The third-order valence-corrected chi connectivity index (χ3v) is 9.51. The Balaban J connectivity index is 1.34. The first-order valence-electron chi connectivity index (χ1n) is 10.9. The van der Waals surface area contributed by atoms with Crippen molar-refractivity contribution in [1.29, 1.82) is 0 Å². The average Bonchev–Trinajstić information content (AvgIpc) is 3.40. The van der Waals surface area contributed by atoms with Gasteiger partial charge in [0.1, 0.15) is 11.1 Å². The minimum atomic E-state index is -1.16. The van der Waals surface area contributed by atoms with Crippen LogP contribution in [0.15, 0.2) is 64.3 Å². The minimum absolute atomic E-state index is 0.117. The smallest absolute Gasteiger partial charge is 0.360 e. The summed E-state index contributed by atoms with van der Waals surface area (Å²) in [4.78, 5) is 44.2. The number of β-lactam (4-membered cyclic amide) rings is 1. The second-order valence-electron chi connectivity index (χ2n) is 7.78. The molecule has 5 rings (SSSR count). The van der Waals surface area contributed by atoms with Gasteiger partial charge in [0, 0.05) is 17.8 Å². The Kier molecular flexibility index (Phi) is 6.72. The van der Waals surface area contributed by atoms with Gasteiger partial charge in [0.15, 0.2) is 4.34 Å². The number of ether oxygens (including phenoxy) is 2. The molecular formula is C24H21N3O5S3. The molecule has 11 heteroatoms. The summed E-state index contributed by atoms with van der Waals surface area (Å²) in [6, 6.07) is 14.7. The number of thiazole rings is 1. The second-order valence-corrected chi connectivity index (χ2v) is 11.4. The van der Waals surface area contributed by atoms with Crippen molar-refractivity contribution in [3.63, 3.8) is 0 Å². The fraction of sp³-hybridized carbons (Fsp3) is 0.250. The zero-order valence-corrected chi connectivity index (χ0v) is 21.3. The quantitative estimate of drug-likeness (QED) is 0.191. The van der Waals surface area contributed by atoms with E-state index in [-0.39, 0.29) is 17.0 Å². The first kappa shape index (κ1) is 23.7. The van der Waals surface area contributed by atoms with E-state index in [1.165, 1.54) is 26.5 Å². The Labute approximate surface area is 213 Å². The van der Waals surface area contributed by atoms with Crippen LogP contribution < -0.4 is 5.32 Å². The highest BCUT2D eigenvalue weighted by Crippen LogP contribution is 2.45. The van der Waals surface area contributed by atoms with Crippen LogP contribution in [0.4, 0.5) is 0 Å². The lowest BCUT2D eigenvalue weighted by Gasteiger charge is -2.40. The maximum absolute atomic E-state index is 13.3. The number of esters is 2. The van der Waals surface area contributed by atoms with Crippen LogP contribution in [0, 0.1) is 0 Å². The number of cyclic esters (lactones) is 1. The van der Waals surface area contributed by atoms with E-state index in [9.17, 15) is 14.4 Å². The van der Waals surface area contributed by atoms with Crippen molar-refractivity contribution in [2.24, 2.45) is 0 Å². The predicted molar refractivity (Wildman–Crippen MR) is 135 cm³/mol. The monoisotopic (exact) mass is 527 g/mol. The number of carbonyl (C=O) groups is 3. The molecule has 3 aromatic rings. The van der Waals surface area contributed by atoms with E-state index in [0.29, 0.717) is 29.8 Å². The largest absolute Gasteiger partial charge is 0.417 e. The Morgan fingerprint density at radius 1 is 1.23 bits per heavy atom. The molecular weight excluding hydrogens is 506 g/mol. The molecule has 0 spiro atoms. The third kappa shape index (κ3) is 4.63. The average molecular weight is 528 g/mol. The topological polar surface area (TPSA) is 97.8 Å². The van der Waals surface area contributed by atoms with Crippen molar-refractivity contribution in [3.8, 4) is 0 Å². The Bertz CT molecular complexity index is 1320. The normalized spacial score (nSPS) is 19.7. The molecule has 0 saturated carbocycles. The van der Waals surface area contributed by atoms with Crippen molar-refractivity contribution >= 4 is 61.0 Å². The number of allylic oxidation sites excluding steroid dienone is 1. The lowest BCUT2D eigenvalue weighted by atomic mass is 10.1. The molecule has 2 unspecified atom stereocenters. The van der Waals surface area contributed by atoms with Gasteiger partial charge in [0.05, 0.1) is 22.2 Å². The van der Waals surface area contributed by atoms with Crippen LogP contribution in [0.1, 0.15) is 42.5 Å². The van der Waals surface area contributed by atoms with Crippen LogP contribution >= 0.6 is 32.9 Å². The summed E-state index contributed by atoms with van der Waals surface area (Å²) in [5, 5.41) is 2.84.